The highest BCUT2D eigenvalue weighted by Crippen LogP contribution is 2.38. The third kappa shape index (κ3) is 6.14. The van der Waals surface area contributed by atoms with Crippen molar-refractivity contribution in [2.24, 2.45) is 0 Å². The summed E-state index contributed by atoms with van der Waals surface area (Å²) in [6.07, 6.45) is 1.53. The summed E-state index contributed by atoms with van der Waals surface area (Å²) in [6, 6.07) is 12.6. The lowest BCUT2D eigenvalue weighted by molar-refractivity contribution is -0.137. The van der Waals surface area contributed by atoms with Crippen LogP contribution in [0.3, 0.4) is 0 Å². The van der Waals surface area contributed by atoms with Crippen molar-refractivity contribution < 1.29 is 18.0 Å². The van der Waals surface area contributed by atoms with E-state index in [0.717, 1.165) is 54.2 Å². The maximum atomic E-state index is 13.7. The molecule has 0 aliphatic heterocycles. The first-order valence-corrected chi connectivity index (χ1v) is 12.1. The van der Waals surface area contributed by atoms with Gasteiger partial charge in [0.2, 0.25) is 5.91 Å². The summed E-state index contributed by atoms with van der Waals surface area (Å²) in [5, 5.41) is 21.1. The number of carbonyl (C=O) groups excluding carboxylic acids is 1. The molecular formula is C26H23F3N4OS. The topological polar surface area (TPSA) is 78.7 Å². The Morgan fingerprint density at radius 3 is 2.51 bits per heavy atom. The number of benzene rings is 2. The number of nitrogens with zero attached hydrogens (tertiary/aromatic N) is 3. The van der Waals surface area contributed by atoms with Gasteiger partial charge in [-0.15, -0.1) is 10.2 Å². The fourth-order valence-electron chi connectivity index (χ4n) is 4.09. The number of allylic oxidation sites excluding steroid dienone is 2. The lowest BCUT2D eigenvalue weighted by Gasteiger charge is -2.16. The van der Waals surface area contributed by atoms with Crippen LogP contribution in [0, 0.1) is 11.3 Å². The van der Waals surface area contributed by atoms with Crippen LogP contribution in [0.4, 0.5) is 13.2 Å². The second-order valence-corrected chi connectivity index (χ2v) is 9.49. The summed E-state index contributed by atoms with van der Waals surface area (Å²) in [7, 11) is 0. The molecule has 5 nitrogen and oxygen atoms in total. The fraction of sp³-hybridized carbons (Fsp3) is 0.308. The van der Waals surface area contributed by atoms with Gasteiger partial charge in [-0.2, -0.15) is 18.4 Å². The number of carbonyl (C=O) groups is 1. The van der Waals surface area contributed by atoms with Gasteiger partial charge < -0.3 is 5.32 Å². The van der Waals surface area contributed by atoms with E-state index in [9.17, 15) is 18.0 Å². The van der Waals surface area contributed by atoms with E-state index < -0.39 is 17.8 Å². The smallest absolute Gasteiger partial charge is 0.347 e. The van der Waals surface area contributed by atoms with Gasteiger partial charge >= 0.3 is 6.18 Å². The van der Waals surface area contributed by atoms with E-state index in [2.05, 4.69) is 21.6 Å². The Bertz CT molecular complexity index is 1290. The quantitative estimate of drug-likeness (QED) is 0.424. The van der Waals surface area contributed by atoms with Crippen LogP contribution in [0.15, 0.2) is 48.5 Å². The molecule has 0 saturated carbocycles. The zero-order valence-electron chi connectivity index (χ0n) is 19.0. The van der Waals surface area contributed by atoms with Crippen molar-refractivity contribution in [2.75, 3.05) is 0 Å². The van der Waals surface area contributed by atoms with Crippen LogP contribution < -0.4 is 5.32 Å². The number of nitriles is 1. The van der Waals surface area contributed by atoms with Crippen molar-refractivity contribution in [2.45, 2.75) is 51.2 Å². The normalized spacial score (nSPS) is 14.7. The van der Waals surface area contributed by atoms with Crippen LogP contribution in [0.2, 0.25) is 0 Å². The summed E-state index contributed by atoms with van der Waals surface area (Å²) >= 11 is 1.16. The monoisotopic (exact) mass is 496 g/mol. The second-order valence-electron chi connectivity index (χ2n) is 8.48. The molecule has 0 radical (unpaired) electrons. The highest BCUT2D eigenvalue weighted by molar-refractivity contribution is 7.14. The molecule has 2 aromatic carbocycles. The molecule has 1 atom stereocenters. The minimum absolute atomic E-state index is 0.258. The fourth-order valence-corrected chi connectivity index (χ4v) is 4.97. The van der Waals surface area contributed by atoms with E-state index in [-0.39, 0.29) is 5.91 Å². The highest BCUT2D eigenvalue weighted by atomic mass is 32.1. The maximum Gasteiger partial charge on any atom is 0.416 e. The molecule has 1 heterocycles. The number of rotatable bonds is 6. The average Bonchev–Trinajstić information content (AvgIpc) is 3.34. The molecule has 1 amide bonds. The van der Waals surface area contributed by atoms with Gasteiger partial charge in [-0.3, -0.25) is 4.79 Å². The van der Waals surface area contributed by atoms with Crippen LogP contribution in [-0.4, -0.2) is 16.1 Å². The molecule has 1 aliphatic carbocycles. The summed E-state index contributed by atoms with van der Waals surface area (Å²) in [5.41, 5.74) is 2.52. The van der Waals surface area contributed by atoms with Gasteiger partial charge in [-0.1, -0.05) is 29.5 Å². The van der Waals surface area contributed by atoms with Gasteiger partial charge in [-0.05, 0) is 79.1 Å². The largest absolute Gasteiger partial charge is 0.416 e. The molecule has 0 bridgehead atoms. The molecule has 0 unspecified atom stereocenters. The van der Waals surface area contributed by atoms with Gasteiger partial charge in [0.15, 0.2) is 0 Å². The molecule has 1 N–H and O–H groups in total. The molecule has 35 heavy (non-hydrogen) atoms. The number of hydrogen-bond acceptors (Lipinski definition) is 5. The van der Waals surface area contributed by atoms with E-state index >= 15 is 0 Å². The number of aromatic nitrogens is 2. The summed E-state index contributed by atoms with van der Waals surface area (Å²) in [6.45, 7) is 1.39. The first-order valence-electron chi connectivity index (χ1n) is 11.2. The Hall–Kier alpha value is -3.51. The van der Waals surface area contributed by atoms with Crippen LogP contribution >= 0.6 is 11.3 Å². The van der Waals surface area contributed by atoms with Crippen molar-refractivity contribution in [3.63, 3.8) is 0 Å². The SMILES string of the molecule is CC(=O)N[C@@H](Cc1ccc(C#N)cc1)c1nnc(-c2cc(C3=CCCCC3)cc(C(F)(F)F)c2)s1. The maximum absolute atomic E-state index is 13.7. The Morgan fingerprint density at radius 2 is 1.89 bits per heavy atom. The third-order valence-corrected chi connectivity index (χ3v) is 6.89. The van der Waals surface area contributed by atoms with E-state index in [0.29, 0.717) is 33.1 Å². The predicted octanol–water partition coefficient (Wildman–Crippen LogP) is 6.47. The summed E-state index contributed by atoms with van der Waals surface area (Å²) < 4.78 is 41.1. The lowest BCUT2D eigenvalue weighted by Crippen LogP contribution is -2.27. The first-order chi connectivity index (χ1) is 16.7. The minimum Gasteiger partial charge on any atom is -0.347 e. The number of hydrogen-bond donors (Lipinski definition) is 1. The van der Waals surface area contributed by atoms with Crippen molar-refractivity contribution in [1.29, 1.82) is 5.26 Å². The molecule has 0 saturated heterocycles. The van der Waals surface area contributed by atoms with Crippen molar-refractivity contribution in [3.8, 4) is 16.6 Å². The molecule has 9 heteroatoms. The van der Waals surface area contributed by atoms with E-state index in [1.807, 2.05) is 6.08 Å². The van der Waals surface area contributed by atoms with Gasteiger partial charge in [-0.25, -0.2) is 0 Å². The Kier molecular flexibility index (Phi) is 7.31. The van der Waals surface area contributed by atoms with E-state index in [1.165, 1.54) is 13.0 Å². The Balaban J connectivity index is 1.68. The molecule has 1 aromatic heterocycles. The predicted molar refractivity (Wildman–Crippen MR) is 128 cm³/mol. The number of nitrogens with one attached hydrogen (secondary N) is 1. The first kappa shape index (κ1) is 24.6. The lowest BCUT2D eigenvalue weighted by atomic mass is 9.91. The Morgan fingerprint density at radius 1 is 1.14 bits per heavy atom. The molecule has 0 fully saturated rings. The Labute approximate surface area is 205 Å². The van der Waals surface area contributed by atoms with Gasteiger partial charge in [0.05, 0.1) is 23.2 Å². The minimum atomic E-state index is -4.48. The van der Waals surface area contributed by atoms with Gasteiger partial charge in [0.25, 0.3) is 0 Å². The van der Waals surface area contributed by atoms with Crippen molar-refractivity contribution in [1.82, 2.24) is 15.5 Å². The zero-order chi connectivity index (χ0) is 25.0. The molecule has 3 aromatic rings. The van der Waals surface area contributed by atoms with Gasteiger partial charge in [0, 0.05) is 12.5 Å². The van der Waals surface area contributed by atoms with Crippen LogP contribution in [0.25, 0.3) is 16.1 Å². The zero-order valence-corrected chi connectivity index (χ0v) is 19.8. The standard InChI is InChI=1S/C26H23F3N4OS/c1-16(34)31-23(11-17-7-9-18(15-30)10-8-17)25-33-32-24(35-25)21-12-20(19-5-3-2-4-6-19)13-22(14-21)26(27,28)29/h5,7-10,12-14,23H,2-4,6,11H2,1H3,(H,31,34)/t23-/m0/s1. The van der Waals surface area contributed by atoms with Crippen LogP contribution in [0.5, 0.6) is 0 Å². The van der Waals surface area contributed by atoms with Crippen molar-refractivity contribution in [3.05, 3.63) is 75.8 Å². The number of amides is 1. The molecule has 4 rings (SSSR count). The molecule has 180 valence electrons. The average molecular weight is 497 g/mol. The van der Waals surface area contributed by atoms with Crippen LogP contribution in [-0.2, 0) is 17.4 Å². The van der Waals surface area contributed by atoms with Crippen molar-refractivity contribution >= 4 is 22.8 Å². The molecular weight excluding hydrogens is 473 g/mol. The molecule has 1 aliphatic rings. The highest BCUT2D eigenvalue weighted by Gasteiger charge is 2.32. The van der Waals surface area contributed by atoms with Crippen LogP contribution in [0.1, 0.15) is 65.9 Å². The molecule has 0 spiro atoms. The second kappa shape index (κ2) is 10.4. The van der Waals surface area contributed by atoms with Gasteiger partial charge in [0.1, 0.15) is 10.0 Å². The number of alkyl halides is 3. The number of halogens is 3. The van der Waals surface area contributed by atoms with E-state index in [4.69, 9.17) is 5.26 Å². The summed E-state index contributed by atoms with van der Waals surface area (Å²) in [5.74, 6) is -0.258. The third-order valence-electron chi connectivity index (χ3n) is 5.81. The van der Waals surface area contributed by atoms with E-state index in [1.54, 1.807) is 30.3 Å². The summed E-state index contributed by atoms with van der Waals surface area (Å²) in [4.78, 5) is 11.8.